The van der Waals surface area contributed by atoms with Crippen molar-refractivity contribution in [1.82, 2.24) is 4.98 Å². The van der Waals surface area contributed by atoms with Gasteiger partial charge in [0.1, 0.15) is 0 Å². The molecule has 2 aliphatic rings. The van der Waals surface area contributed by atoms with Crippen LogP contribution in [0.25, 0.3) is 0 Å². The second-order valence-electron chi connectivity index (χ2n) is 3.79. The first-order valence-electron chi connectivity index (χ1n) is 4.46. The summed E-state index contributed by atoms with van der Waals surface area (Å²) in [5.41, 5.74) is 1.67. The molecule has 0 bridgehead atoms. The molecule has 2 nitrogen and oxygen atoms in total. The topological polar surface area (TPSA) is 25.2 Å². The predicted molar refractivity (Wildman–Crippen MR) is 55.1 cm³/mol. The highest BCUT2D eigenvalue weighted by Gasteiger charge is 2.53. The van der Waals surface area contributed by atoms with Crippen LogP contribution in [0.1, 0.15) is 18.4 Å². The van der Waals surface area contributed by atoms with E-state index in [0.29, 0.717) is 11.5 Å². The van der Waals surface area contributed by atoms with Crippen molar-refractivity contribution >= 4 is 22.1 Å². The van der Waals surface area contributed by atoms with Crippen LogP contribution in [0.15, 0.2) is 27.9 Å². The Hall–Kier alpha value is -0.700. The number of hydrogen-bond donors (Lipinski definition) is 0. The molecule has 0 aromatic carbocycles. The molecule has 3 rings (SSSR count). The van der Waals surface area contributed by atoms with E-state index in [0.717, 1.165) is 4.47 Å². The van der Waals surface area contributed by atoms with Gasteiger partial charge in [0.25, 0.3) is 0 Å². The van der Waals surface area contributed by atoms with Crippen molar-refractivity contribution in [3.63, 3.8) is 0 Å². The summed E-state index contributed by atoms with van der Waals surface area (Å²) in [7, 11) is 0. The van der Waals surface area contributed by atoms with Crippen LogP contribution < -0.4 is 0 Å². The van der Waals surface area contributed by atoms with Crippen LogP contribution in [0.3, 0.4) is 0 Å². The molecule has 1 atom stereocenters. The fraction of sp³-hybridized carbons (Fsp3) is 0.400. The van der Waals surface area contributed by atoms with Gasteiger partial charge in [0.15, 0.2) is 0 Å². The van der Waals surface area contributed by atoms with Crippen LogP contribution in [0.2, 0.25) is 0 Å². The number of rotatable bonds is 2. The molecule has 0 spiro atoms. The van der Waals surface area contributed by atoms with E-state index in [-0.39, 0.29) is 0 Å². The second-order valence-corrected chi connectivity index (χ2v) is 4.71. The summed E-state index contributed by atoms with van der Waals surface area (Å²) in [6.45, 7) is 0. The third-order valence-corrected chi connectivity index (χ3v) is 3.37. The maximum Gasteiger partial charge on any atom is 0.0940 e. The lowest BCUT2D eigenvalue weighted by atomic mass is 9.93. The first kappa shape index (κ1) is 7.68. The molecule has 1 fully saturated rings. The lowest BCUT2D eigenvalue weighted by Gasteiger charge is -2.12. The predicted octanol–water partition coefficient (Wildman–Crippen LogP) is 2.33. The molecule has 1 aliphatic carbocycles. The van der Waals surface area contributed by atoms with Gasteiger partial charge in [-0.25, -0.2) is 0 Å². The highest BCUT2D eigenvalue weighted by atomic mass is 79.9. The van der Waals surface area contributed by atoms with E-state index in [1.54, 1.807) is 0 Å². The van der Waals surface area contributed by atoms with Gasteiger partial charge in [-0.3, -0.25) is 9.98 Å². The summed E-state index contributed by atoms with van der Waals surface area (Å²) >= 11 is 3.45. The Bertz CT molecular complexity index is 376. The lowest BCUT2D eigenvalue weighted by molar-refractivity contribution is 0.689. The number of pyridine rings is 1. The van der Waals surface area contributed by atoms with Crippen molar-refractivity contribution in [2.75, 3.05) is 0 Å². The standard InChI is InChI=1S/C10H9BrN2/c11-8-3-7(4-12-5-8)10(1-2-10)9-6-13-9/h3-6,9H,1-2H2. The number of halogens is 1. The molecule has 3 heteroatoms. The monoisotopic (exact) mass is 236 g/mol. The molecule has 0 radical (unpaired) electrons. The van der Waals surface area contributed by atoms with Gasteiger partial charge < -0.3 is 0 Å². The average Bonchev–Trinajstić information content (AvgIpc) is 2.99. The van der Waals surface area contributed by atoms with Crippen molar-refractivity contribution < 1.29 is 0 Å². The minimum atomic E-state index is 0.330. The molecule has 1 aromatic heterocycles. The molecule has 0 amide bonds. The van der Waals surface area contributed by atoms with E-state index in [4.69, 9.17) is 0 Å². The van der Waals surface area contributed by atoms with Crippen LogP contribution in [0.4, 0.5) is 0 Å². The van der Waals surface area contributed by atoms with Crippen molar-refractivity contribution in [2.24, 2.45) is 4.99 Å². The molecule has 13 heavy (non-hydrogen) atoms. The Labute approximate surface area is 85.2 Å². The summed E-state index contributed by atoms with van der Waals surface area (Å²) in [5.74, 6) is 0. The second kappa shape index (κ2) is 2.41. The molecule has 1 unspecified atom stereocenters. The summed E-state index contributed by atoms with van der Waals surface area (Å²) < 4.78 is 1.07. The Kier molecular flexibility index (Phi) is 1.42. The molecule has 1 aromatic rings. The van der Waals surface area contributed by atoms with Crippen LogP contribution in [-0.4, -0.2) is 17.2 Å². The van der Waals surface area contributed by atoms with Crippen molar-refractivity contribution in [3.8, 4) is 0 Å². The minimum Gasteiger partial charge on any atom is -0.285 e. The van der Waals surface area contributed by atoms with E-state index in [9.17, 15) is 0 Å². The Morgan fingerprint density at radius 2 is 2.15 bits per heavy atom. The first-order chi connectivity index (χ1) is 6.31. The van der Waals surface area contributed by atoms with Gasteiger partial charge in [0.2, 0.25) is 0 Å². The molecule has 2 heterocycles. The number of hydrogen-bond acceptors (Lipinski definition) is 2. The van der Waals surface area contributed by atoms with E-state index < -0.39 is 0 Å². The number of aliphatic imine (C=N–C) groups is 1. The van der Waals surface area contributed by atoms with E-state index in [1.807, 2.05) is 18.6 Å². The molecule has 1 saturated carbocycles. The summed E-state index contributed by atoms with van der Waals surface area (Å²) in [6.07, 6.45) is 8.37. The fourth-order valence-electron chi connectivity index (χ4n) is 1.90. The Balaban J connectivity index is 1.99. The van der Waals surface area contributed by atoms with Gasteiger partial charge in [-0.15, -0.1) is 0 Å². The fourth-order valence-corrected chi connectivity index (χ4v) is 2.27. The van der Waals surface area contributed by atoms with Crippen LogP contribution in [-0.2, 0) is 5.41 Å². The summed E-state index contributed by atoms with van der Waals surface area (Å²) in [4.78, 5) is 8.47. The molecule has 66 valence electrons. The van der Waals surface area contributed by atoms with E-state index in [1.165, 1.54) is 18.4 Å². The summed E-state index contributed by atoms with van der Waals surface area (Å²) in [6, 6.07) is 2.64. The van der Waals surface area contributed by atoms with Gasteiger partial charge in [-0.2, -0.15) is 0 Å². The van der Waals surface area contributed by atoms with Crippen LogP contribution >= 0.6 is 15.9 Å². The quantitative estimate of drug-likeness (QED) is 0.774. The van der Waals surface area contributed by atoms with Gasteiger partial charge in [-0.1, -0.05) is 0 Å². The van der Waals surface area contributed by atoms with E-state index >= 15 is 0 Å². The molecular weight excluding hydrogens is 228 g/mol. The zero-order valence-corrected chi connectivity index (χ0v) is 8.66. The highest BCUT2D eigenvalue weighted by Crippen LogP contribution is 2.54. The number of nitrogens with zero attached hydrogens (tertiary/aromatic N) is 2. The van der Waals surface area contributed by atoms with Gasteiger partial charge in [0, 0.05) is 28.5 Å². The first-order valence-corrected chi connectivity index (χ1v) is 5.25. The van der Waals surface area contributed by atoms with Crippen molar-refractivity contribution in [2.45, 2.75) is 24.3 Å². The third kappa shape index (κ3) is 1.14. The number of aromatic nitrogens is 1. The minimum absolute atomic E-state index is 0.330. The smallest absolute Gasteiger partial charge is 0.0940 e. The lowest BCUT2D eigenvalue weighted by Crippen LogP contribution is -2.16. The molecule has 1 aliphatic heterocycles. The van der Waals surface area contributed by atoms with Crippen molar-refractivity contribution in [1.29, 1.82) is 0 Å². The largest absolute Gasteiger partial charge is 0.285 e. The van der Waals surface area contributed by atoms with Crippen LogP contribution in [0, 0.1) is 0 Å². The normalized spacial score (nSPS) is 27.3. The zero-order valence-electron chi connectivity index (χ0n) is 7.07. The third-order valence-electron chi connectivity index (χ3n) is 2.93. The van der Waals surface area contributed by atoms with E-state index in [2.05, 4.69) is 32.0 Å². The molecule has 0 N–H and O–H groups in total. The Morgan fingerprint density at radius 3 is 2.69 bits per heavy atom. The maximum absolute atomic E-state index is 4.27. The van der Waals surface area contributed by atoms with Crippen molar-refractivity contribution in [3.05, 3.63) is 28.5 Å². The molecular formula is C10H9BrN2. The van der Waals surface area contributed by atoms with Gasteiger partial charge in [0.05, 0.1) is 6.04 Å². The SMILES string of the molecule is Brc1cncc(C2(C3C=N3)CC2)c1. The maximum atomic E-state index is 4.27. The van der Waals surface area contributed by atoms with Gasteiger partial charge >= 0.3 is 0 Å². The summed E-state index contributed by atoms with van der Waals surface area (Å²) in [5, 5.41) is 0. The zero-order chi connectivity index (χ0) is 8.89. The van der Waals surface area contributed by atoms with Crippen LogP contribution in [0.5, 0.6) is 0 Å². The Morgan fingerprint density at radius 1 is 1.38 bits per heavy atom. The average molecular weight is 237 g/mol. The molecule has 0 saturated heterocycles. The highest BCUT2D eigenvalue weighted by molar-refractivity contribution is 9.10. The van der Waals surface area contributed by atoms with Gasteiger partial charge in [-0.05, 0) is 40.4 Å².